The average Bonchev–Trinajstić information content (AvgIpc) is 2.04. The SMILES string of the molecule is COCCNCC[C@@H](O)CO. The highest BCUT2D eigenvalue weighted by Gasteiger charge is 1.99. The van der Waals surface area contributed by atoms with E-state index in [9.17, 15) is 0 Å². The van der Waals surface area contributed by atoms with Crippen LogP contribution < -0.4 is 5.32 Å². The van der Waals surface area contributed by atoms with Crippen molar-refractivity contribution in [1.29, 1.82) is 0 Å². The van der Waals surface area contributed by atoms with E-state index in [0.717, 1.165) is 6.54 Å². The number of hydrogen-bond donors (Lipinski definition) is 3. The van der Waals surface area contributed by atoms with Crippen molar-refractivity contribution in [3.8, 4) is 0 Å². The molecule has 0 amide bonds. The lowest BCUT2D eigenvalue weighted by atomic mass is 10.3. The Bertz CT molecular complexity index is 80.1. The molecule has 0 aromatic heterocycles. The van der Waals surface area contributed by atoms with Crippen molar-refractivity contribution in [3.63, 3.8) is 0 Å². The molecule has 11 heavy (non-hydrogen) atoms. The van der Waals surface area contributed by atoms with E-state index in [4.69, 9.17) is 14.9 Å². The third-order valence-corrected chi connectivity index (χ3v) is 1.35. The maximum atomic E-state index is 8.89. The van der Waals surface area contributed by atoms with Gasteiger partial charge in [0, 0.05) is 13.7 Å². The predicted octanol–water partition coefficient (Wildman–Crippen LogP) is -1.03. The molecule has 0 unspecified atom stereocenters. The van der Waals surface area contributed by atoms with Crippen LogP contribution in [0.2, 0.25) is 0 Å². The van der Waals surface area contributed by atoms with Crippen LogP contribution in [-0.2, 0) is 4.74 Å². The summed E-state index contributed by atoms with van der Waals surface area (Å²) in [7, 11) is 1.64. The normalized spacial score (nSPS) is 13.4. The second kappa shape index (κ2) is 7.94. The molecule has 0 aromatic rings. The Labute approximate surface area is 67.2 Å². The molecule has 0 spiro atoms. The lowest BCUT2D eigenvalue weighted by Crippen LogP contribution is -2.25. The van der Waals surface area contributed by atoms with Gasteiger partial charge in [-0.2, -0.15) is 0 Å². The van der Waals surface area contributed by atoms with Gasteiger partial charge in [0.05, 0.1) is 19.3 Å². The Kier molecular flexibility index (Phi) is 7.83. The van der Waals surface area contributed by atoms with Gasteiger partial charge in [0.2, 0.25) is 0 Å². The first-order chi connectivity index (χ1) is 5.31. The van der Waals surface area contributed by atoms with Gasteiger partial charge < -0.3 is 20.3 Å². The molecule has 3 N–H and O–H groups in total. The standard InChI is InChI=1S/C7H17NO3/c1-11-5-4-8-3-2-7(10)6-9/h7-10H,2-6H2,1H3/t7-/m1/s1. The summed E-state index contributed by atoms with van der Waals surface area (Å²) in [6.45, 7) is 2.01. The third kappa shape index (κ3) is 7.74. The van der Waals surface area contributed by atoms with Crippen LogP contribution in [0.15, 0.2) is 0 Å². The van der Waals surface area contributed by atoms with Crippen molar-refractivity contribution < 1.29 is 14.9 Å². The van der Waals surface area contributed by atoms with Gasteiger partial charge >= 0.3 is 0 Å². The van der Waals surface area contributed by atoms with E-state index in [2.05, 4.69) is 5.32 Å². The highest BCUT2D eigenvalue weighted by Crippen LogP contribution is 1.86. The fourth-order valence-electron chi connectivity index (χ4n) is 0.659. The topological polar surface area (TPSA) is 61.7 Å². The van der Waals surface area contributed by atoms with Gasteiger partial charge in [-0.15, -0.1) is 0 Å². The van der Waals surface area contributed by atoms with E-state index in [1.807, 2.05) is 0 Å². The summed E-state index contributed by atoms with van der Waals surface area (Å²) in [6.07, 6.45) is -0.00901. The summed E-state index contributed by atoms with van der Waals surface area (Å²) >= 11 is 0. The van der Waals surface area contributed by atoms with Gasteiger partial charge in [0.15, 0.2) is 0 Å². The van der Waals surface area contributed by atoms with Crippen molar-refractivity contribution in [3.05, 3.63) is 0 Å². The minimum atomic E-state index is -0.593. The average molecular weight is 163 g/mol. The van der Waals surface area contributed by atoms with Crippen LogP contribution in [0, 0.1) is 0 Å². The maximum Gasteiger partial charge on any atom is 0.0783 e. The zero-order valence-electron chi connectivity index (χ0n) is 6.92. The highest BCUT2D eigenvalue weighted by atomic mass is 16.5. The second-order valence-electron chi connectivity index (χ2n) is 2.37. The van der Waals surface area contributed by atoms with Crippen LogP contribution in [0.1, 0.15) is 6.42 Å². The first-order valence-electron chi connectivity index (χ1n) is 3.79. The van der Waals surface area contributed by atoms with E-state index < -0.39 is 6.10 Å². The monoisotopic (exact) mass is 163 g/mol. The molecule has 0 saturated heterocycles. The van der Waals surface area contributed by atoms with Gasteiger partial charge in [-0.25, -0.2) is 0 Å². The van der Waals surface area contributed by atoms with Gasteiger partial charge in [-0.1, -0.05) is 0 Å². The Morgan fingerprint density at radius 1 is 1.45 bits per heavy atom. The number of ether oxygens (including phenoxy) is 1. The summed E-state index contributed by atoms with van der Waals surface area (Å²) < 4.78 is 4.80. The molecule has 0 heterocycles. The third-order valence-electron chi connectivity index (χ3n) is 1.35. The number of methoxy groups -OCH3 is 1. The molecule has 68 valence electrons. The van der Waals surface area contributed by atoms with Crippen molar-refractivity contribution in [2.24, 2.45) is 0 Å². The Balaban J connectivity index is 2.89. The zero-order chi connectivity index (χ0) is 8.53. The lowest BCUT2D eigenvalue weighted by Gasteiger charge is -2.07. The second-order valence-corrected chi connectivity index (χ2v) is 2.37. The van der Waals surface area contributed by atoms with Crippen molar-refractivity contribution >= 4 is 0 Å². The number of nitrogens with one attached hydrogen (secondary N) is 1. The summed E-state index contributed by atoms with van der Waals surface area (Å²) in [4.78, 5) is 0. The predicted molar refractivity (Wildman–Crippen MR) is 42.5 cm³/mol. The minimum absolute atomic E-state index is 0.161. The van der Waals surface area contributed by atoms with Crippen LogP contribution in [0.5, 0.6) is 0 Å². The van der Waals surface area contributed by atoms with Crippen molar-refractivity contribution in [2.45, 2.75) is 12.5 Å². The molecule has 0 fully saturated rings. The molecule has 0 aromatic carbocycles. The largest absolute Gasteiger partial charge is 0.394 e. The molecule has 4 heteroatoms. The zero-order valence-corrected chi connectivity index (χ0v) is 6.92. The number of aliphatic hydroxyl groups excluding tert-OH is 2. The maximum absolute atomic E-state index is 8.89. The first kappa shape index (κ1) is 10.8. The molecular weight excluding hydrogens is 146 g/mol. The Hall–Kier alpha value is -0.160. The minimum Gasteiger partial charge on any atom is -0.394 e. The molecule has 0 rings (SSSR count). The molecule has 0 radical (unpaired) electrons. The van der Waals surface area contributed by atoms with Gasteiger partial charge in [0.1, 0.15) is 0 Å². The van der Waals surface area contributed by atoms with Gasteiger partial charge in [-0.3, -0.25) is 0 Å². The lowest BCUT2D eigenvalue weighted by molar-refractivity contribution is 0.0877. The van der Waals surface area contributed by atoms with Crippen molar-refractivity contribution in [1.82, 2.24) is 5.32 Å². The molecule has 0 bridgehead atoms. The quantitative estimate of drug-likeness (QED) is 0.420. The molecule has 0 aliphatic rings. The fourth-order valence-corrected chi connectivity index (χ4v) is 0.659. The number of hydrogen-bond acceptors (Lipinski definition) is 4. The van der Waals surface area contributed by atoms with Crippen LogP contribution in [0.3, 0.4) is 0 Å². The van der Waals surface area contributed by atoms with E-state index in [1.54, 1.807) is 7.11 Å². The van der Waals surface area contributed by atoms with Crippen LogP contribution in [0.25, 0.3) is 0 Å². The van der Waals surface area contributed by atoms with E-state index in [-0.39, 0.29) is 6.61 Å². The molecule has 4 nitrogen and oxygen atoms in total. The molecular formula is C7H17NO3. The Morgan fingerprint density at radius 2 is 2.18 bits per heavy atom. The van der Waals surface area contributed by atoms with E-state index in [1.165, 1.54) is 0 Å². The van der Waals surface area contributed by atoms with Crippen LogP contribution >= 0.6 is 0 Å². The van der Waals surface area contributed by atoms with Crippen LogP contribution in [0.4, 0.5) is 0 Å². The summed E-state index contributed by atoms with van der Waals surface area (Å²) in [5, 5.41) is 20.4. The molecule has 0 aliphatic carbocycles. The highest BCUT2D eigenvalue weighted by molar-refractivity contribution is 4.55. The summed E-state index contributed by atoms with van der Waals surface area (Å²) in [6, 6.07) is 0. The molecule has 1 atom stereocenters. The fraction of sp³-hybridized carbons (Fsp3) is 1.00. The van der Waals surface area contributed by atoms with E-state index in [0.29, 0.717) is 19.6 Å². The van der Waals surface area contributed by atoms with Crippen molar-refractivity contribution in [2.75, 3.05) is 33.4 Å². The van der Waals surface area contributed by atoms with Gasteiger partial charge in [0.25, 0.3) is 0 Å². The Morgan fingerprint density at radius 3 is 2.73 bits per heavy atom. The van der Waals surface area contributed by atoms with Crippen LogP contribution in [-0.4, -0.2) is 49.7 Å². The van der Waals surface area contributed by atoms with Gasteiger partial charge in [-0.05, 0) is 13.0 Å². The number of aliphatic hydroxyl groups is 2. The smallest absolute Gasteiger partial charge is 0.0783 e. The molecule has 0 aliphatic heterocycles. The summed E-state index contributed by atoms with van der Waals surface area (Å²) in [5.41, 5.74) is 0. The number of rotatable bonds is 7. The van der Waals surface area contributed by atoms with E-state index >= 15 is 0 Å². The first-order valence-corrected chi connectivity index (χ1v) is 3.79. The molecule has 0 saturated carbocycles. The summed E-state index contributed by atoms with van der Waals surface area (Å²) in [5.74, 6) is 0.